The first-order valence-electron chi connectivity index (χ1n) is 10.7. The molecule has 4 rings (SSSR count). The van der Waals surface area contributed by atoms with Gasteiger partial charge in [0.25, 0.3) is 0 Å². The third-order valence-electron chi connectivity index (χ3n) is 7.15. The van der Waals surface area contributed by atoms with Crippen LogP contribution in [-0.2, 0) is 9.59 Å². The molecule has 0 bridgehead atoms. The van der Waals surface area contributed by atoms with Crippen molar-refractivity contribution in [2.24, 2.45) is 11.3 Å². The van der Waals surface area contributed by atoms with Gasteiger partial charge in [-0.1, -0.05) is 38.1 Å². The molecule has 1 aliphatic carbocycles. The van der Waals surface area contributed by atoms with E-state index in [1.54, 1.807) is 0 Å². The molecule has 152 valence electrons. The molecule has 1 aromatic carbocycles. The number of nitrogens with one attached hydrogen (secondary N) is 1. The normalized spacial score (nSPS) is 27.2. The summed E-state index contributed by atoms with van der Waals surface area (Å²) >= 11 is 0. The maximum Gasteiger partial charge on any atom is 0.308 e. The van der Waals surface area contributed by atoms with Crippen molar-refractivity contribution in [1.29, 1.82) is 0 Å². The van der Waals surface area contributed by atoms with Crippen LogP contribution in [0.5, 0.6) is 0 Å². The zero-order chi connectivity index (χ0) is 19.9. The average Bonchev–Trinajstić information content (AvgIpc) is 3.46. The van der Waals surface area contributed by atoms with Gasteiger partial charge in [0, 0.05) is 19.6 Å². The van der Waals surface area contributed by atoms with Crippen LogP contribution in [0.4, 0.5) is 0 Å². The number of carbonyl (C=O) groups is 2. The van der Waals surface area contributed by atoms with Crippen LogP contribution < -0.4 is 5.32 Å². The number of benzene rings is 1. The molecule has 2 atom stereocenters. The third kappa shape index (κ3) is 3.82. The number of hydrogen-bond donors (Lipinski definition) is 2. The van der Waals surface area contributed by atoms with E-state index in [1.807, 2.05) is 4.90 Å². The van der Waals surface area contributed by atoms with Crippen molar-refractivity contribution in [3.8, 4) is 0 Å². The summed E-state index contributed by atoms with van der Waals surface area (Å²) in [6.45, 7) is 6.63. The van der Waals surface area contributed by atoms with Gasteiger partial charge in [0.2, 0.25) is 5.91 Å². The Labute approximate surface area is 167 Å². The Morgan fingerprint density at radius 3 is 2.54 bits per heavy atom. The van der Waals surface area contributed by atoms with E-state index in [1.165, 1.54) is 11.1 Å². The van der Waals surface area contributed by atoms with Crippen LogP contribution in [0.15, 0.2) is 24.3 Å². The molecule has 28 heavy (non-hydrogen) atoms. The zero-order valence-electron chi connectivity index (χ0n) is 17.0. The van der Waals surface area contributed by atoms with Gasteiger partial charge in [0.15, 0.2) is 0 Å². The van der Waals surface area contributed by atoms with E-state index in [0.717, 1.165) is 32.2 Å². The van der Waals surface area contributed by atoms with Crippen molar-refractivity contribution in [3.05, 3.63) is 35.4 Å². The van der Waals surface area contributed by atoms with Gasteiger partial charge in [0.1, 0.15) is 6.04 Å². The summed E-state index contributed by atoms with van der Waals surface area (Å²) < 4.78 is 0. The van der Waals surface area contributed by atoms with E-state index < -0.39 is 17.9 Å². The van der Waals surface area contributed by atoms with E-state index >= 15 is 0 Å². The molecule has 3 aliphatic rings. The number of likely N-dealkylation sites (tertiary alicyclic amines) is 1. The number of carboxylic acid groups (broad SMARTS) is 1. The predicted molar refractivity (Wildman–Crippen MR) is 108 cm³/mol. The fraction of sp³-hybridized carbons (Fsp3) is 0.652. The van der Waals surface area contributed by atoms with Crippen LogP contribution in [0.3, 0.4) is 0 Å². The Hall–Kier alpha value is -1.88. The minimum absolute atomic E-state index is 0.0164. The summed E-state index contributed by atoms with van der Waals surface area (Å²) in [7, 11) is 0. The molecular weight excluding hydrogens is 352 g/mol. The second-order valence-electron chi connectivity index (χ2n) is 9.43. The van der Waals surface area contributed by atoms with Crippen LogP contribution in [-0.4, -0.2) is 47.6 Å². The number of amides is 1. The molecule has 3 fully saturated rings. The average molecular weight is 385 g/mol. The van der Waals surface area contributed by atoms with Gasteiger partial charge >= 0.3 is 5.97 Å². The molecule has 2 N–H and O–H groups in total. The summed E-state index contributed by atoms with van der Waals surface area (Å²) in [5, 5.41) is 13.0. The lowest BCUT2D eigenvalue weighted by Gasteiger charge is -2.39. The first-order chi connectivity index (χ1) is 13.4. The van der Waals surface area contributed by atoms with Crippen molar-refractivity contribution in [2.75, 3.05) is 19.6 Å². The molecule has 0 aromatic heterocycles. The van der Waals surface area contributed by atoms with Gasteiger partial charge in [-0.25, -0.2) is 0 Å². The SMILES string of the molecule is CC(C)c1cccc(C2CCN(C(=O)C3NCC4(CC4)CC3C(=O)O)CC2)c1. The van der Waals surface area contributed by atoms with E-state index in [4.69, 9.17) is 0 Å². The maximum absolute atomic E-state index is 13.1. The lowest BCUT2D eigenvalue weighted by molar-refractivity contribution is -0.151. The highest BCUT2D eigenvalue weighted by atomic mass is 16.4. The van der Waals surface area contributed by atoms with Crippen molar-refractivity contribution in [2.45, 2.75) is 63.8 Å². The molecular formula is C23H32N2O3. The highest BCUT2D eigenvalue weighted by Crippen LogP contribution is 2.52. The molecule has 2 aliphatic heterocycles. The number of nitrogens with zero attached hydrogens (tertiary/aromatic N) is 1. The number of hydrogen-bond acceptors (Lipinski definition) is 3. The fourth-order valence-electron chi connectivity index (χ4n) is 4.97. The monoisotopic (exact) mass is 384 g/mol. The lowest BCUT2D eigenvalue weighted by atomic mass is 9.81. The van der Waals surface area contributed by atoms with Gasteiger partial charge in [0.05, 0.1) is 5.92 Å². The first kappa shape index (κ1) is 19.4. The molecule has 2 heterocycles. The Morgan fingerprint density at radius 2 is 1.93 bits per heavy atom. The van der Waals surface area contributed by atoms with Crippen LogP contribution in [0, 0.1) is 11.3 Å². The van der Waals surface area contributed by atoms with Crippen molar-refractivity contribution >= 4 is 11.9 Å². The fourth-order valence-corrected chi connectivity index (χ4v) is 4.97. The van der Waals surface area contributed by atoms with Crippen molar-refractivity contribution < 1.29 is 14.7 Å². The number of aliphatic carboxylic acids is 1. The predicted octanol–water partition coefficient (Wildman–Crippen LogP) is 3.36. The summed E-state index contributed by atoms with van der Waals surface area (Å²) in [5.74, 6) is -0.451. The molecule has 2 unspecified atom stereocenters. The molecule has 2 saturated heterocycles. The highest BCUT2D eigenvalue weighted by molar-refractivity contribution is 5.88. The third-order valence-corrected chi connectivity index (χ3v) is 7.15. The summed E-state index contributed by atoms with van der Waals surface area (Å²) in [4.78, 5) is 26.8. The largest absolute Gasteiger partial charge is 0.481 e. The summed E-state index contributed by atoms with van der Waals surface area (Å²) in [6.07, 6.45) is 4.71. The summed E-state index contributed by atoms with van der Waals surface area (Å²) in [5.41, 5.74) is 2.88. The minimum Gasteiger partial charge on any atom is -0.481 e. The first-order valence-corrected chi connectivity index (χ1v) is 10.7. The van der Waals surface area contributed by atoms with Gasteiger partial charge in [-0.15, -0.1) is 0 Å². The lowest BCUT2D eigenvalue weighted by Crippen LogP contribution is -2.58. The van der Waals surface area contributed by atoms with E-state index in [9.17, 15) is 14.7 Å². The molecule has 1 spiro atoms. The standard InChI is InChI=1S/C23H32N2O3/c1-15(2)17-4-3-5-18(12-17)16-6-10-25(11-7-16)21(26)20-19(22(27)28)13-23(8-9-23)14-24-20/h3-5,12,15-16,19-20,24H,6-11,13-14H2,1-2H3,(H,27,28). The number of rotatable bonds is 4. The smallest absolute Gasteiger partial charge is 0.308 e. The zero-order valence-corrected chi connectivity index (χ0v) is 17.0. The van der Waals surface area contributed by atoms with Crippen LogP contribution in [0.1, 0.15) is 68.9 Å². The number of carboxylic acids is 1. The molecule has 1 saturated carbocycles. The number of carbonyl (C=O) groups excluding carboxylic acids is 1. The van der Waals surface area contributed by atoms with Crippen molar-refractivity contribution in [3.63, 3.8) is 0 Å². The molecule has 0 radical (unpaired) electrons. The van der Waals surface area contributed by atoms with Crippen molar-refractivity contribution in [1.82, 2.24) is 10.2 Å². The van der Waals surface area contributed by atoms with Gasteiger partial charge in [-0.2, -0.15) is 0 Å². The van der Waals surface area contributed by atoms with Crippen LogP contribution >= 0.6 is 0 Å². The minimum atomic E-state index is -0.836. The Bertz CT molecular complexity index is 748. The van der Waals surface area contributed by atoms with Gasteiger partial charge in [-0.3, -0.25) is 9.59 Å². The number of piperidine rings is 2. The maximum atomic E-state index is 13.1. The van der Waals surface area contributed by atoms with Gasteiger partial charge < -0.3 is 15.3 Å². The van der Waals surface area contributed by atoms with Crippen LogP contribution in [0.25, 0.3) is 0 Å². The molecule has 5 heteroatoms. The second kappa shape index (κ2) is 7.51. The highest BCUT2D eigenvalue weighted by Gasteiger charge is 2.52. The Balaban J connectivity index is 1.38. The molecule has 5 nitrogen and oxygen atoms in total. The van der Waals surface area contributed by atoms with Crippen LogP contribution in [0.2, 0.25) is 0 Å². The topological polar surface area (TPSA) is 69.6 Å². The van der Waals surface area contributed by atoms with E-state index in [-0.39, 0.29) is 11.3 Å². The quantitative estimate of drug-likeness (QED) is 0.835. The van der Waals surface area contributed by atoms with E-state index in [0.29, 0.717) is 31.3 Å². The summed E-state index contributed by atoms with van der Waals surface area (Å²) in [6, 6.07) is 8.26. The molecule has 1 amide bonds. The van der Waals surface area contributed by atoms with E-state index in [2.05, 4.69) is 43.4 Å². The Kier molecular flexibility index (Phi) is 5.21. The molecule has 1 aromatic rings. The second-order valence-corrected chi connectivity index (χ2v) is 9.43. The Morgan fingerprint density at radius 1 is 1.21 bits per heavy atom. The van der Waals surface area contributed by atoms with Gasteiger partial charge in [-0.05, 0) is 60.5 Å².